The van der Waals surface area contributed by atoms with Crippen LogP contribution in [0.2, 0.25) is 0 Å². The number of thiophene rings is 1. The molecule has 1 aromatic heterocycles. The Kier molecular flexibility index (Phi) is 4.47. The van der Waals surface area contributed by atoms with Crippen molar-refractivity contribution in [3.63, 3.8) is 0 Å². The Labute approximate surface area is 118 Å². The molecular weight excluding hydrogens is 258 g/mol. The molecule has 4 nitrogen and oxygen atoms in total. The van der Waals surface area contributed by atoms with Crippen LogP contribution in [0.15, 0.2) is 17.3 Å². The van der Waals surface area contributed by atoms with Crippen molar-refractivity contribution in [1.29, 1.82) is 0 Å². The van der Waals surface area contributed by atoms with Gasteiger partial charge in [-0.05, 0) is 44.5 Å². The van der Waals surface area contributed by atoms with Crippen molar-refractivity contribution >= 4 is 17.2 Å². The Hall–Kier alpha value is -1.07. The van der Waals surface area contributed by atoms with Gasteiger partial charge in [0, 0.05) is 21.7 Å². The second-order valence-corrected chi connectivity index (χ2v) is 6.80. The van der Waals surface area contributed by atoms with Crippen LogP contribution in [0.25, 0.3) is 0 Å². The second kappa shape index (κ2) is 5.92. The van der Waals surface area contributed by atoms with Crippen molar-refractivity contribution in [1.82, 2.24) is 4.90 Å². The van der Waals surface area contributed by atoms with E-state index in [2.05, 4.69) is 36.0 Å². The molecule has 106 valence electrons. The highest BCUT2D eigenvalue weighted by molar-refractivity contribution is 7.11. The Bertz CT molecular complexity index is 447. The molecular formula is C14H23N3OS. The summed E-state index contributed by atoms with van der Waals surface area (Å²) in [5.74, 6) is 0.372. The van der Waals surface area contributed by atoms with Crippen molar-refractivity contribution in [2.75, 3.05) is 13.1 Å². The van der Waals surface area contributed by atoms with Gasteiger partial charge in [0.1, 0.15) is 5.84 Å². The molecule has 0 bridgehead atoms. The van der Waals surface area contributed by atoms with E-state index >= 15 is 0 Å². The number of hydrogen-bond donors (Lipinski definition) is 2. The van der Waals surface area contributed by atoms with Crippen molar-refractivity contribution in [3.05, 3.63) is 21.9 Å². The van der Waals surface area contributed by atoms with Crippen LogP contribution in [0, 0.1) is 5.41 Å². The summed E-state index contributed by atoms with van der Waals surface area (Å²) in [7, 11) is 0. The molecule has 0 atom stereocenters. The van der Waals surface area contributed by atoms with Gasteiger partial charge in [0.25, 0.3) is 0 Å². The molecule has 1 aromatic rings. The third-order valence-corrected chi connectivity index (χ3v) is 5.35. The third-order valence-electron chi connectivity index (χ3n) is 4.13. The molecule has 1 aliphatic heterocycles. The average molecular weight is 281 g/mol. The zero-order chi connectivity index (χ0) is 13.9. The zero-order valence-electron chi connectivity index (χ0n) is 11.7. The minimum atomic E-state index is -0.144. The van der Waals surface area contributed by atoms with Crippen LogP contribution >= 0.6 is 11.3 Å². The molecule has 1 fully saturated rings. The van der Waals surface area contributed by atoms with Gasteiger partial charge in [-0.25, -0.2) is 0 Å². The lowest BCUT2D eigenvalue weighted by molar-refractivity contribution is 0.154. The quantitative estimate of drug-likeness (QED) is 0.386. The van der Waals surface area contributed by atoms with E-state index in [1.807, 2.05) is 11.3 Å². The molecule has 0 amide bonds. The van der Waals surface area contributed by atoms with Crippen LogP contribution in [-0.2, 0) is 13.0 Å². The van der Waals surface area contributed by atoms with Crippen LogP contribution < -0.4 is 5.73 Å². The molecule has 5 heteroatoms. The van der Waals surface area contributed by atoms with Gasteiger partial charge < -0.3 is 10.9 Å². The SMILES string of the molecule is CCc1ccc(CN2CCC(C)(/C(N)=N/O)CC2)s1. The highest BCUT2D eigenvalue weighted by Gasteiger charge is 2.34. The van der Waals surface area contributed by atoms with E-state index in [0.29, 0.717) is 5.84 Å². The van der Waals surface area contributed by atoms with Gasteiger partial charge >= 0.3 is 0 Å². The van der Waals surface area contributed by atoms with E-state index in [9.17, 15) is 0 Å². The van der Waals surface area contributed by atoms with Crippen LogP contribution in [0.1, 0.15) is 36.4 Å². The summed E-state index contributed by atoms with van der Waals surface area (Å²) in [5, 5.41) is 12.0. The molecule has 2 heterocycles. The maximum absolute atomic E-state index is 8.83. The monoisotopic (exact) mass is 281 g/mol. The molecule has 0 unspecified atom stereocenters. The summed E-state index contributed by atoms with van der Waals surface area (Å²) < 4.78 is 0. The van der Waals surface area contributed by atoms with Crippen LogP contribution in [0.5, 0.6) is 0 Å². The zero-order valence-corrected chi connectivity index (χ0v) is 12.5. The van der Waals surface area contributed by atoms with Crippen LogP contribution in [-0.4, -0.2) is 29.0 Å². The summed E-state index contributed by atoms with van der Waals surface area (Å²) in [4.78, 5) is 5.34. The van der Waals surface area contributed by atoms with Crippen molar-refractivity contribution in [2.45, 2.75) is 39.7 Å². The smallest absolute Gasteiger partial charge is 0.145 e. The minimum Gasteiger partial charge on any atom is -0.409 e. The third kappa shape index (κ3) is 3.28. The number of amidine groups is 1. The highest BCUT2D eigenvalue weighted by Crippen LogP contribution is 2.32. The van der Waals surface area contributed by atoms with Crippen LogP contribution in [0.3, 0.4) is 0 Å². The summed E-state index contributed by atoms with van der Waals surface area (Å²) in [6.45, 7) is 7.31. The van der Waals surface area contributed by atoms with Gasteiger partial charge in [-0.1, -0.05) is 19.0 Å². The standard InChI is InChI=1S/C14H23N3OS/c1-3-11-4-5-12(19-11)10-17-8-6-14(2,7-9-17)13(15)16-18/h4-5,18H,3,6-10H2,1-2H3,(H2,15,16). The lowest BCUT2D eigenvalue weighted by Crippen LogP contribution is -2.45. The molecule has 0 aliphatic carbocycles. The first-order chi connectivity index (χ1) is 9.07. The van der Waals surface area contributed by atoms with Crippen LogP contribution in [0.4, 0.5) is 0 Å². The normalized spacial score (nSPS) is 20.6. The molecule has 0 aromatic carbocycles. The van der Waals surface area contributed by atoms with E-state index in [1.54, 1.807) is 0 Å². The molecule has 0 radical (unpaired) electrons. The Morgan fingerprint density at radius 1 is 1.42 bits per heavy atom. The summed E-state index contributed by atoms with van der Waals surface area (Å²) in [5.41, 5.74) is 5.64. The number of oxime groups is 1. The molecule has 2 rings (SSSR count). The summed E-state index contributed by atoms with van der Waals surface area (Å²) in [6.07, 6.45) is 3.02. The lowest BCUT2D eigenvalue weighted by atomic mass is 9.79. The average Bonchev–Trinajstić information content (AvgIpc) is 2.88. The number of aryl methyl sites for hydroxylation is 1. The van der Waals surface area contributed by atoms with E-state index in [0.717, 1.165) is 38.9 Å². The predicted molar refractivity (Wildman–Crippen MR) is 79.7 cm³/mol. The minimum absolute atomic E-state index is 0.144. The second-order valence-electron chi connectivity index (χ2n) is 5.54. The lowest BCUT2D eigenvalue weighted by Gasteiger charge is -2.38. The van der Waals surface area contributed by atoms with Crippen molar-refractivity contribution < 1.29 is 5.21 Å². The van der Waals surface area contributed by atoms with Gasteiger partial charge in [-0.2, -0.15) is 0 Å². The van der Waals surface area contributed by atoms with Crippen molar-refractivity contribution in [3.8, 4) is 0 Å². The van der Waals surface area contributed by atoms with E-state index in [-0.39, 0.29) is 5.41 Å². The number of hydrogen-bond acceptors (Lipinski definition) is 4. The number of piperidine rings is 1. The number of likely N-dealkylation sites (tertiary alicyclic amines) is 1. The molecule has 0 saturated carbocycles. The fourth-order valence-corrected chi connectivity index (χ4v) is 3.50. The van der Waals surface area contributed by atoms with E-state index < -0.39 is 0 Å². The first kappa shape index (κ1) is 14.3. The van der Waals surface area contributed by atoms with Gasteiger partial charge in [-0.3, -0.25) is 4.90 Å². The Morgan fingerprint density at radius 3 is 2.58 bits per heavy atom. The van der Waals surface area contributed by atoms with Gasteiger partial charge in [0.15, 0.2) is 0 Å². The van der Waals surface area contributed by atoms with E-state index in [4.69, 9.17) is 10.9 Å². The fraction of sp³-hybridized carbons (Fsp3) is 0.643. The van der Waals surface area contributed by atoms with Gasteiger partial charge in [0.2, 0.25) is 0 Å². The molecule has 1 aliphatic rings. The summed E-state index contributed by atoms with van der Waals surface area (Å²) >= 11 is 1.91. The van der Waals surface area contributed by atoms with E-state index in [1.165, 1.54) is 9.75 Å². The maximum atomic E-state index is 8.83. The Balaban J connectivity index is 1.90. The number of nitrogens with two attached hydrogens (primary N) is 1. The molecule has 3 N–H and O–H groups in total. The van der Waals surface area contributed by atoms with Gasteiger partial charge in [-0.15, -0.1) is 11.3 Å². The highest BCUT2D eigenvalue weighted by atomic mass is 32.1. The molecule has 0 spiro atoms. The number of rotatable bonds is 4. The molecule has 1 saturated heterocycles. The predicted octanol–water partition coefficient (Wildman–Crippen LogP) is 2.66. The Morgan fingerprint density at radius 2 is 2.05 bits per heavy atom. The number of nitrogens with zero attached hydrogens (tertiary/aromatic N) is 2. The fourth-order valence-electron chi connectivity index (χ4n) is 2.50. The first-order valence-electron chi connectivity index (χ1n) is 6.85. The maximum Gasteiger partial charge on any atom is 0.145 e. The topological polar surface area (TPSA) is 61.8 Å². The molecule has 19 heavy (non-hydrogen) atoms. The summed E-state index contributed by atoms with van der Waals surface area (Å²) in [6, 6.07) is 4.46. The van der Waals surface area contributed by atoms with Gasteiger partial charge in [0.05, 0.1) is 0 Å². The first-order valence-corrected chi connectivity index (χ1v) is 7.67. The largest absolute Gasteiger partial charge is 0.409 e. The van der Waals surface area contributed by atoms with Crippen molar-refractivity contribution in [2.24, 2.45) is 16.3 Å².